The van der Waals surface area contributed by atoms with Crippen molar-refractivity contribution >= 4 is 11.9 Å². The lowest BCUT2D eigenvalue weighted by Gasteiger charge is -2.30. The van der Waals surface area contributed by atoms with Gasteiger partial charge >= 0.3 is 5.97 Å². The molecule has 1 fully saturated rings. The van der Waals surface area contributed by atoms with Crippen molar-refractivity contribution in [1.82, 2.24) is 14.7 Å². The monoisotopic (exact) mass is 267 g/mol. The Bertz CT molecular complexity index is 471. The molecule has 1 aromatic heterocycles. The molecule has 0 spiro atoms. The first-order valence-corrected chi connectivity index (χ1v) is 6.11. The molecule has 0 radical (unpaired) electrons. The predicted molar refractivity (Wildman–Crippen MR) is 65.5 cm³/mol. The summed E-state index contributed by atoms with van der Waals surface area (Å²) in [5.41, 5.74) is 0.339. The van der Waals surface area contributed by atoms with Gasteiger partial charge in [0.2, 0.25) is 0 Å². The van der Waals surface area contributed by atoms with E-state index < -0.39 is 5.97 Å². The summed E-state index contributed by atoms with van der Waals surface area (Å²) in [4.78, 5) is 25.1. The van der Waals surface area contributed by atoms with Gasteiger partial charge in [-0.1, -0.05) is 0 Å². The van der Waals surface area contributed by atoms with Gasteiger partial charge in [-0.2, -0.15) is 5.10 Å². The van der Waals surface area contributed by atoms with E-state index >= 15 is 0 Å². The standard InChI is InChI=1S/C12H17N3O4/c1-9-6-15(3-4-18-9)11(16)8-19-12(17)10-5-13-14(2)7-10/h5,7,9H,3-4,6,8H2,1-2H3. The van der Waals surface area contributed by atoms with E-state index in [0.29, 0.717) is 25.3 Å². The molecule has 1 saturated heterocycles. The summed E-state index contributed by atoms with van der Waals surface area (Å²) in [5, 5.41) is 3.87. The number of rotatable bonds is 3. The van der Waals surface area contributed by atoms with Gasteiger partial charge in [-0.25, -0.2) is 4.79 Å². The van der Waals surface area contributed by atoms with Crippen molar-refractivity contribution in [1.29, 1.82) is 0 Å². The molecule has 19 heavy (non-hydrogen) atoms. The van der Waals surface area contributed by atoms with Crippen LogP contribution in [-0.4, -0.2) is 59.0 Å². The van der Waals surface area contributed by atoms with Crippen LogP contribution in [0, 0.1) is 0 Å². The molecular weight excluding hydrogens is 250 g/mol. The number of nitrogens with zero attached hydrogens (tertiary/aromatic N) is 3. The van der Waals surface area contributed by atoms with Crippen LogP contribution in [0.1, 0.15) is 17.3 Å². The summed E-state index contributed by atoms with van der Waals surface area (Å²) < 4.78 is 11.8. The molecule has 0 aromatic carbocycles. The van der Waals surface area contributed by atoms with Crippen LogP contribution in [0.4, 0.5) is 0 Å². The molecule has 1 atom stereocenters. The Kier molecular flexibility index (Phi) is 4.16. The molecule has 0 aliphatic carbocycles. The third kappa shape index (κ3) is 3.54. The maximum Gasteiger partial charge on any atom is 0.341 e. The molecule has 1 aromatic rings. The maximum absolute atomic E-state index is 11.9. The zero-order valence-corrected chi connectivity index (χ0v) is 11.0. The lowest BCUT2D eigenvalue weighted by atomic mass is 10.3. The number of ether oxygens (including phenoxy) is 2. The summed E-state index contributed by atoms with van der Waals surface area (Å²) in [6.07, 6.45) is 2.97. The summed E-state index contributed by atoms with van der Waals surface area (Å²) >= 11 is 0. The van der Waals surface area contributed by atoms with E-state index in [4.69, 9.17) is 9.47 Å². The van der Waals surface area contributed by atoms with Crippen LogP contribution in [0.5, 0.6) is 0 Å². The lowest BCUT2D eigenvalue weighted by molar-refractivity contribution is -0.141. The van der Waals surface area contributed by atoms with Gasteiger partial charge in [0.1, 0.15) is 0 Å². The van der Waals surface area contributed by atoms with Crippen LogP contribution in [-0.2, 0) is 21.3 Å². The molecule has 2 rings (SSSR count). The third-order valence-electron chi connectivity index (χ3n) is 2.86. The highest BCUT2D eigenvalue weighted by atomic mass is 16.5. The molecule has 1 unspecified atom stereocenters. The molecule has 0 N–H and O–H groups in total. The topological polar surface area (TPSA) is 73.7 Å². The van der Waals surface area contributed by atoms with Crippen molar-refractivity contribution in [2.75, 3.05) is 26.3 Å². The van der Waals surface area contributed by atoms with Crippen LogP contribution >= 0.6 is 0 Å². The molecule has 7 heteroatoms. The molecule has 1 amide bonds. The van der Waals surface area contributed by atoms with Gasteiger partial charge in [0.25, 0.3) is 5.91 Å². The first kappa shape index (κ1) is 13.5. The number of aromatic nitrogens is 2. The predicted octanol–water partition coefficient (Wildman–Crippen LogP) is -0.176. The van der Waals surface area contributed by atoms with Crippen molar-refractivity contribution in [3.05, 3.63) is 18.0 Å². The molecule has 2 heterocycles. The van der Waals surface area contributed by atoms with E-state index in [2.05, 4.69) is 5.10 Å². The Hall–Kier alpha value is -1.89. The lowest BCUT2D eigenvalue weighted by Crippen LogP contribution is -2.46. The number of aryl methyl sites for hydroxylation is 1. The van der Waals surface area contributed by atoms with E-state index in [1.165, 1.54) is 10.9 Å². The Morgan fingerprint density at radius 3 is 3.00 bits per heavy atom. The smallest absolute Gasteiger partial charge is 0.341 e. The van der Waals surface area contributed by atoms with Crippen molar-refractivity contribution < 1.29 is 19.1 Å². The van der Waals surface area contributed by atoms with Crippen LogP contribution in [0.2, 0.25) is 0 Å². The Labute approximate surface area is 111 Å². The summed E-state index contributed by atoms with van der Waals surface area (Å²) in [6, 6.07) is 0. The quantitative estimate of drug-likeness (QED) is 0.711. The highest BCUT2D eigenvalue weighted by Crippen LogP contribution is 2.05. The molecule has 1 aliphatic rings. The fourth-order valence-electron chi connectivity index (χ4n) is 1.87. The second-order valence-corrected chi connectivity index (χ2v) is 4.50. The molecular formula is C12H17N3O4. The number of hydrogen-bond donors (Lipinski definition) is 0. The highest BCUT2D eigenvalue weighted by Gasteiger charge is 2.22. The minimum Gasteiger partial charge on any atom is -0.452 e. The van der Waals surface area contributed by atoms with E-state index in [1.54, 1.807) is 18.1 Å². The van der Waals surface area contributed by atoms with Crippen molar-refractivity contribution in [3.8, 4) is 0 Å². The number of carbonyl (C=O) groups excluding carboxylic acids is 2. The largest absolute Gasteiger partial charge is 0.452 e. The summed E-state index contributed by atoms with van der Waals surface area (Å²) in [6.45, 7) is 3.24. The fraction of sp³-hybridized carbons (Fsp3) is 0.583. The number of amides is 1. The van der Waals surface area contributed by atoms with Crippen molar-refractivity contribution in [2.45, 2.75) is 13.0 Å². The Morgan fingerprint density at radius 2 is 2.37 bits per heavy atom. The molecule has 1 aliphatic heterocycles. The van der Waals surface area contributed by atoms with E-state index in [1.807, 2.05) is 6.92 Å². The molecule has 0 saturated carbocycles. The molecule has 0 bridgehead atoms. The maximum atomic E-state index is 11.9. The van der Waals surface area contributed by atoms with Crippen LogP contribution < -0.4 is 0 Å². The average Bonchev–Trinajstić information content (AvgIpc) is 2.82. The second-order valence-electron chi connectivity index (χ2n) is 4.50. The molecule has 104 valence electrons. The van der Waals surface area contributed by atoms with Gasteiger partial charge in [0.15, 0.2) is 6.61 Å². The zero-order chi connectivity index (χ0) is 13.8. The van der Waals surface area contributed by atoms with E-state index in [9.17, 15) is 9.59 Å². The Balaban J connectivity index is 1.81. The van der Waals surface area contributed by atoms with Gasteiger partial charge in [-0.05, 0) is 6.92 Å². The normalized spacial score (nSPS) is 19.3. The minimum atomic E-state index is -0.539. The van der Waals surface area contributed by atoms with Crippen LogP contribution in [0.15, 0.2) is 12.4 Å². The second kappa shape index (κ2) is 5.83. The SMILES string of the molecule is CC1CN(C(=O)COC(=O)c2cnn(C)c2)CCO1. The number of esters is 1. The highest BCUT2D eigenvalue weighted by molar-refractivity contribution is 5.90. The summed E-state index contributed by atoms with van der Waals surface area (Å²) in [5.74, 6) is -0.741. The van der Waals surface area contributed by atoms with Crippen LogP contribution in [0.3, 0.4) is 0 Å². The van der Waals surface area contributed by atoms with E-state index in [0.717, 1.165) is 0 Å². The van der Waals surface area contributed by atoms with Gasteiger partial charge in [-0.15, -0.1) is 0 Å². The first-order valence-electron chi connectivity index (χ1n) is 6.11. The third-order valence-corrected chi connectivity index (χ3v) is 2.86. The fourth-order valence-corrected chi connectivity index (χ4v) is 1.87. The van der Waals surface area contributed by atoms with Crippen molar-refractivity contribution in [3.63, 3.8) is 0 Å². The summed E-state index contributed by atoms with van der Waals surface area (Å²) in [7, 11) is 1.71. The van der Waals surface area contributed by atoms with Gasteiger partial charge in [0.05, 0.1) is 24.5 Å². The van der Waals surface area contributed by atoms with Gasteiger partial charge in [-0.3, -0.25) is 9.48 Å². The van der Waals surface area contributed by atoms with Gasteiger partial charge < -0.3 is 14.4 Å². The zero-order valence-electron chi connectivity index (χ0n) is 11.0. The van der Waals surface area contributed by atoms with Crippen molar-refractivity contribution in [2.24, 2.45) is 7.05 Å². The Morgan fingerprint density at radius 1 is 1.58 bits per heavy atom. The minimum absolute atomic E-state index is 0.0201. The number of morpholine rings is 1. The van der Waals surface area contributed by atoms with Crippen LogP contribution in [0.25, 0.3) is 0 Å². The molecule has 7 nitrogen and oxygen atoms in total. The average molecular weight is 267 g/mol. The first-order chi connectivity index (χ1) is 9.06. The number of carbonyl (C=O) groups is 2. The van der Waals surface area contributed by atoms with E-state index in [-0.39, 0.29) is 18.6 Å². The number of hydrogen-bond acceptors (Lipinski definition) is 5. The van der Waals surface area contributed by atoms with Gasteiger partial charge in [0, 0.05) is 26.3 Å².